The summed E-state index contributed by atoms with van der Waals surface area (Å²) in [7, 11) is -3.70. The number of halogens is 1. The Kier molecular flexibility index (Phi) is 4.63. The minimum absolute atomic E-state index is 0.166. The summed E-state index contributed by atoms with van der Waals surface area (Å²) >= 11 is 0. The first kappa shape index (κ1) is 15.5. The molecule has 0 unspecified atom stereocenters. The second kappa shape index (κ2) is 6.26. The van der Waals surface area contributed by atoms with Gasteiger partial charge in [-0.05, 0) is 48.2 Å². The summed E-state index contributed by atoms with van der Waals surface area (Å²) in [6.07, 6.45) is 0.994. The van der Waals surface area contributed by atoms with Gasteiger partial charge in [0.15, 0.2) is 0 Å². The molecule has 2 aromatic rings. The van der Waals surface area contributed by atoms with Crippen LogP contribution in [0, 0.1) is 5.82 Å². The molecule has 2 rings (SSSR count). The van der Waals surface area contributed by atoms with Crippen LogP contribution in [0.2, 0.25) is 0 Å². The van der Waals surface area contributed by atoms with Crippen molar-refractivity contribution in [3.63, 3.8) is 0 Å². The third kappa shape index (κ3) is 3.82. The minimum atomic E-state index is -3.70. The van der Waals surface area contributed by atoms with Gasteiger partial charge in [-0.2, -0.15) is 0 Å². The molecule has 2 aromatic carbocycles. The third-order valence-corrected chi connectivity index (χ3v) is 4.85. The molecule has 0 amide bonds. The number of hydrogen-bond acceptors (Lipinski definition) is 2. The Balaban J connectivity index is 2.23. The Bertz CT molecular complexity index is 711. The zero-order valence-corrected chi connectivity index (χ0v) is 12.8. The molecule has 0 spiro atoms. The predicted molar refractivity (Wildman–Crippen MR) is 82.4 cm³/mol. The number of benzene rings is 2. The van der Waals surface area contributed by atoms with E-state index >= 15 is 0 Å². The number of rotatable bonds is 5. The van der Waals surface area contributed by atoms with Gasteiger partial charge >= 0.3 is 0 Å². The number of nitrogens with one attached hydrogen (secondary N) is 1. The molecular formula is C16H18FNO2S. The van der Waals surface area contributed by atoms with Gasteiger partial charge in [-0.1, -0.05) is 32.0 Å². The SMILES string of the molecule is CC[C@H](C)c1ccc(S(=O)(=O)Nc2cccc(F)c2)cc1. The molecule has 5 heteroatoms. The summed E-state index contributed by atoms with van der Waals surface area (Å²) in [5.41, 5.74) is 1.31. The molecule has 0 aliphatic heterocycles. The highest BCUT2D eigenvalue weighted by atomic mass is 32.2. The second-order valence-electron chi connectivity index (χ2n) is 4.99. The summed E-state index contributed by atoms with van der Waals surface area (Å²) in [6, 6.07) is 12.1. The molecule has 0 saturated carbocycles. The van der Waals surface area contributed by atoms with Gasteiger partial charge in [-0.3, -0.25) is 4.72 Å². The predicted octanol–water partition coefficient (Wildman–Crippen LogP) is 4.14. The molecule has 0 aliphatic carbocycles. The Labute approximate surface area is 124 Å². The lowest BCUT2D eigenvalue weighted by molar-refractivity contribution is 0.601. The lowest BCUT2D eigenvalue weighted by atomic mass is 9.99. The van der Waals surface area contributed by atoms with Gasteiger partial charge in [0.1, 0.15) is 5.82 Å². The average molecular weight is 307 g/mol. The normalized spacial score (nSPS) is 12.9. The van der Waals surface area contributed by atoms with Crippen LogP contribution in [0.4, 0.5) is 10.1 Å². The highest BCUT2D eigenvalue weighted by Crippen LogP contribution is 2.22. The van der Waals surface area contributed by atoms with Crippen molar-refractivity contribution in [2.45, 2.75) is 31.1 Å². The van der Waals surface area contributed by atoms with Crippen molar-refractivity contribution >= 4 is 15.7 Å². The quantitative estimate of drug-likeness (QED) is 0.902. The van der Waals surface area contributed by atoms with E-state index in [4.69, 9.17) is 0 Å². The summed E-state index contributed by atoms with van der Waals surface area (Å²) in [6.45, 7) is 4.18. The van der Waals surface area contributed by atoms with Gasteiger partial charge in [0.2, 0.25) is 0 Å². The fraction of sp³-hybridized carbons (Fsp3) is 0.250. The van der Waals surface area contributed by atoms with Crippen LogP contribution in [-0.4, -0.2) is 8.42 Å². The highest BCUT2D eigenvalue weighted by molar-refractivity contribution is 7.92. The first-order valence-corrected chi connectivity index (χ1v) is 8.29. The molecule has 0 heterocycles. The maximum atomic E-state index is 13.1. The molecule has 0 fully saturated rings. The van der Waals surface area contributed by atoms with E-state index in [1.165, 1.54) is 18.2 Å². The van der Waals surface area contributed by atoms with Crippen LogP contribution >= 0.6 is 0 Å². The van der Waals surface area contributed by atoms with Crippen LogP contribution in [-0.2, 0) is 10.0 Å². The van der Waals surface area contributed by atoms with Crippen LogP contribution in [0.1, 0.15) is 31.7 Å². The highest BCUT2D eigenvalue weighted by Gasteiger charge is 2.15. The fourth-order valence-corrected chi connectivity index (χ4v) is 3.03. The third-order valence-electron chi connectivity index (χ3n) is 3.45. The van der Waals surface area contributed by atoms with E-state index in [0.717, 1.165) is 18.1 Å². The van der Waals surface area contributed by atoms with Gasteiger partial charge in [0.25, 0.3) is 10.0 Å². The standard InChI is InChI=1S/C16H18FNO2S/c1-3-12(2)13-7-9-16(10-8-13)21(19,20)18-15-6-4-5-14(17)11-15/h4-12,18H,3H2,1-2H3/t12-/m0/s1. The minimum Gasteiger partial charge on any atom is -0.280 e. The van der Waals surface area contributed by atoms with E-state index in [0.29, 0.717) is 5.92 Å². The summed E-state index contributed by atoms with van der Waals surface area (Å²) < 4.78 is 39.9. The molecule has 0 aliphatic rings. The van der Waals surface area contributed by atoms with Gasteiger partial charge < -0.3 is 0 Å². The molecule has 0 bridgehead atoms. The lowest BCUT2D eigenvalue weighted by Gasteiger charge is -2.11. The summed E-state index contributed by atoms with van der Waals surface area (Å²) in [5, 5.41) is 0. The van der Waals surface area contributed by atoms with Crippen molar-refractivity contribution in [3.8, 4) is 0 Å². The Hall–Kier alpha value is -1.88. The van der Waals surface area contributed by atoms with E-state index in [2.05, 4.69) is 18.6 Å². The van der Waals surface area contributed by atoms with E-state index in [9.17, 15) is 12.8 Å². The van der Waals surface area contributed by atoms with Crippen molar-refractivity contribution < 1.29 is 12.8 Å². The fourth-order valence-electron chi connectivity index (χ4n) is 1.98. The van der Waals surface area contributed by atoms with Crippen LogP contribution in [0.3, 0.4) is 0 Å². The molecule has 21 heavy (non-hydrogen) atoms. The number of sulfonamides is 1. The van der Waals surface area contributed by atoms with E-state index in [-0.39, 0.29) is 10.6 Å². The lowest BCUT2D eigenvalue weighted by Crippen LogP contribution is -2.13. The Morgan fingerprint density at radius 1 is 1.14 bits per heavy atom. The molecule has 1 N–H and O–H groups in total. The molecule has 112 valence electrons. The summed E-state index contributed by atoms with van der Waals surface area (Å²) in [5.74, 6) is -0.0970. The summed E-state index contributed by atoms with van der Waals surface area (Å²) in [4.78, 5) is 0.166. The van der Waals surface area contributed by atoms with Crippen LogP contribution < -0.4 is 4.72 Å². The maximum absolute atomic E-state index is 13.1. The average Bonchev–Trinajstić information content (AvgIpc) is 2.46. The van der Waals surface area contributed by atoms with E-state index < -0.39 is 15.8 Å². The van der Waals surface area contributed by atoms with E-state index in [1.54, 1.807) is 12.1 Å². The molecule has 3 nitrogen and oxygen atoms in total. The topological polar surface area (TPSA) is 46.2 Å². The van der Waals surface area contributed by atoms with Gasteiger partial charge in [-0.15, -0.1) is 0 Å². The van der Waals surface area contributed by atoms with Crippen molar-refractivity contribution in [3.05, 3.63) is 59.9 Å². The molecular weight excluding hydrogens is 289 g/mol. The maximum Gasteiger partial charge on any atom is 0.261 e. The molecule has 0 radical (unpaired) electrons. The monoisotopic (exact) mass is 307 g/mol. The van der Waals surface area contributed by atoms with Crippen molar-refractivity contribution in [2.24, 2.45) is 0 Å². The van der Waals surface area contributed by atoms with E-state index in [1.807, 2.05) is 12.1 Å². The zero-order chi connectivity index (χ0) is 15.5. The first-order chi connectivity index (χ1) is 9.92. The van der Waals surface area contributed by atoms with Gasteiger partial charge in [-0.25, -0.2) is 12.8 Å². The Morgan fingerprint density at radius 2 is 1.81 bits per heavy atom. The van der Waals surface area contributed by atoms with Gasteiger partial charge in [0, 0.05) is 0 Å². The zero-order valence-electron chi connectivity index (χ0n) is 12.0. The van der Waals surface area contributed by atoms with Crippen LogP contribution in [0.15, 0.2) is 53.4 Å². The molecule has 0 saturated heterocycles. The smallest absolute Gasteiger partial charge is 0.261 e. The van der Waals surface area contributed by atoms with Crippen molar-refractivity contribution in [1.29, 1.82) is 0 Å². The molecule has 0 aromatic heterocycles. The number of anilines is 1. The molecule has 1 atom stereocenters. The van der Waals surface area contributed by atoms with Crippen molar-refractivity contribution in [1.82, 2.24) is 0 Å². The largest absolute Gasteiger partial charge is 0.280 e. The Morgan fingerprint density at radius 3 is 2.38 bits per heavy atom. The number of hydrogen-bond donors (Lipinski definition) is 1. The second-order valence-corrected chi connectivity index (χ2v) is 6.68. The van der Waals surface area contributed by atoms with Crippen LogP contribution in [0.25, 0.3) is 0 Å². The van der Waals surface area contributed by atoms with Crippen molar-refractivity contribution in [2.75, 3.05) is 4.72 Å². The first-order valence-electron chi connectivity index (χ1n) is 6.80. The van der Waals surface area contributed by atoms with Crippen LogP contribution in [0.5, 0.6) is 0 Å². The van der Waals surface area contributed by atoms with Gasteiger partial charge in [0.05, 0.1) is 10.6 Å².